The first-order valence-corrected chi connectivity index (χ1v) is 7.59. The molecule has 1 heterocycles. The van der Waals surface area contributed by atoms with Crippen molar-refractivity contribution in [2.24, 2.45) is 0 Å². The van der Waals surface area contributed by atoms with E-state index in [0.29, 0.717) is 35.1 Å². The summed E-state index contributed by atoms with van der Waals surface area (Å²) in [5.74, 6) is 1.33. The first-order chi connectivity index (χ1) is 12.6. The number of ether oxygens (including phenoxy) is 5. The van der Waals surface area contributed by atoms with Gasteiger partial charge >= 0.3 is 0 Å². The topological polar surface area (TPSA) is 122 Å². The maximum Gasteiger partial charge on any atom is 0.237 e. The Bertz CT molecular complexity index is 795. The van der Waals surface area contributed by atoms with Gasteiger partial charge in [0.05, 0.1) is 33.6 Å². The van der Waals surface area contributed by atoms with Crippen molar-refractivity contribution in [2.45, 2.75) is 0 Å². The molecule has 2 aromatic rings. The lowest BCUT2D eigenvalue weighted by atomic mass is 10.1. The smallest absolute Gasteiger partial charge is 0.237 e. The molecule has 0 aliphatic rings. The third-order valence-corrected chi connectivity index (χ3v) is 3.47. The fraction of sp³-hybridized carbons (Fsp3) is 0.353. The summed E-state index contributed by atoms with van der Waals surface area (Å²) in [5, 5.41) is 9.59. The summed E-state index contributed by atoms with van der Waals surface area (Å²) in [7, 11) is 6.05. The highest BCUT2D eigenvalue weighted by molar-refractivity contribution is 5.74. The van der Waals surface area contributed by atoms with Gasteiger partial charge in [0.2, 0.25) is 17.6 Å². The second kappa shape index (κ2) is 8.73. The van der Waals surface area contributed by atoms with E-state index in [4.69, 9.17) is 29.4 Å². The van der Waals surface area contributed by atoms with Gasteiger partial charge in [0.25, 0.3) is 0 Å². The van der Waals surface area contributed by atoms with Crippen LogP contribution in [-0.2, 0) is 4.74 Å². The van der Waals surface area contributed by atoms with Crippen molar-refractivity contribution in [1.82, 2.24) is 9.97 Å². The van der Waals surface area contributed by atoms with Crippen molar-refractivity contribution in [3.8, 4) is 40.5 Å². The number of aromatic nitrogens is 2. The van der Waals surface area contributed by atoms with Crippen LogP contribution in [0.1, 0.15) is 5.56 Å². The van der Waals surface area contributed by atoms with E-state index in [1.807, 2.05) is 0 Å². The van der Waals surface area contributed by atoms with Gasteiger partial charge in [-0.2, -0.15) is 10.2 Å². The molecule has 138 valence electrons. The molecule has 0 aliphatic carbocycles. The number of nitriles is 1. The predicted octanol–water partition coefficient (Wildman–Crippen LogP) is 1.65. The molecule has 0 amide bonds. The largest absolute Gasteiger partial charge is 0.493 e. The van der Waals surface area contributed by atoms with Crippen LogP contribution in [0, 0.1) is 11.3 Å². The fourth-order valence-corrected chi connectivity index (χ4v) is 2.31. The molecule has 1 aromatic carbocycles. The zero-order valence-corrected chi connectivity index (χ0v) is 15.0. The molecule has 0 fully saturated rings. The van der Waals surface area contributed by atoms with E-state index in [2.05, 4.69) is 16.0 Å². The van der Waals surface area contributed by atoms with Crippen LogP contribution in [-0.4, -0.2) is 51.6 Å². The van der Waals surface area contributed by atoms with E-state index in [0.717, 1.165) is 0 Å². The molecular formula is C17H20N4O5. The van der Waals surface area contributed by atoms with Crippen molar-refractivity contribution in [3.63, 3.8) is 0 Å². The molecule has 0 saturated carbocycles. The number of anilines is 1. The second-order valence-electron chi connectivity index (χ2n) is 4.98. The monoisotopic (exact) mass is 360 g/mol. The van der Waals surface area contributed by atoms with Crippen LogP contribution in [0.2, 0.25) is 0 Å². The van der Waals surface area contributed by atoms with Crippen molar-refractivity contribution >= 4 is 5.95 Å². The predicted molar refractivity (Wildman–Crippen MR) is 93.6 cm³/mol. The van der Waals surface area contributed by atoms with Gasteiger partial charge in [-0.3, -0.25) is 0 Å². The van der Waals surface area contributed by atoms with Gasteiger partial charge in [-0.25, -0.2) is 4.98 Å². The van der Waals surface area contributed by atoms with Crippen molar-refractivity contribution in [1.29, 1.82) is 5.26 Å². The molecule has 2 N–H and O–H groups in total. The summed E-state index contributed by atoms with van der Waals surface area (Å²) in [6.45, 7) is 0.560. The molecule has 0 saturated heterocycles. The third-order valence-electron chi connectivity index (χ3n) is 3.47. The van der Waals surface area contributed by atoms with Gasteiger partial charge in [0.15, 0.2) is 11.5 Å². The Balaban J connectivity index is 2.62. The van der Waals surface area contributed by atoms with Crippen LogP contribution >= 0.6 is 0 Å². The highest BCUT2D eigenvalue weighted by atomic mass is 16.5. The lowest BCUT2D eigenvalue weighted by molar-refractivity contribution is 0.143. The molecule has 1 aromatic heterocycles. The molecule has 9 nitrogen and oxygen atoms in total. The van der Waals surface area contributed by atoms with Gasteiger partial charge in [0, 0.05) is 12.7 Å². The molecular weight excluding hydrogens is 340 g/mol. The van der Waals surface area contributed by atoms with Crippen LogP contribution in [0.3, 0.4) is 0 Å². The molecule has 0 spiro atoms. The van der Waals surface area contributed by atoms with Crippen molar-refractivity contribution < 1.29 is 23.7 Å². The number of hydrogen-bond donors (Lipinski definition) is 1. The summed E-state index contributed by atoms with van der Waals surface area (Å²) in [5.41, 5.74) is 6.78. The van der Waals surface area contributed by atoms with E-state index < -0.39 is 0 Å². The minimum absolute atomic E-state index is 0.0276. The molecule has 0 radical (unpaired) electrons. The maximum atomic E-state index is 9.59. The lowest BCUT2D eigenvalue weighted by Crippen LogP contribution is -2.10. The zero-order valence-electron chi connectivity index (χ0n) is 15.0. The maximum absolute atomic E-state index is 9.59. The van der Waals surface area contributed by atoms with E-state index in [1.54, 1.807) is 19.2 Å². The Labute approximate surface area is 151 Å². The lowest BCUT2D eigenvalue weighted by Gasteiger charge is -2.15. The van der Waals surface area contributed by atoms with E-state index in [-0.39, 0.29) is 24.0 Å². The summed E-state index contributed by atoms with van der Waals surface area (Å²) < 4.78 is 26.4. The molecule has 0 atom stereocenters. The van der Waals surface area contributed by atoms with Gasteiger partial charge < -0.3 is 29.4 Å². The Morgan fingerprint density at radius 2 is 1.65 bits per heavy atom. The summed E-state index contributed by atoms with van der Waals surface area (Å²) in [4.78, 5) is 8.19. The van der Waals surface area contributed by atoms with Gasteiger partial charge in [-0.05, 0) is 12.1 Å². The number of nitrogens with two attached hydrogens (primary N) is 1. The number of nitrogen functional groups attached to an aromatic ring is 1. The first kappa shape index (κ1) is 19.1. The Hall–Kier alpha value is -3.25. The minimum Gasteiger partial charge on any atom is -0.493 e. The van der Waals surface area contributed by atoms with Crippen LogP contribution in [0.4, 0.5) is 5.95 Å². The van der Waals surface area contributed by atoms with Gasteiger partial charge in [-0.1, -0.05) is 0 Å². The Morgan fingerprint density at radius 3 is 2.15 bits per heavy atom. The third kappa shape index (κ3) is 3.87. The molecule has 2 rings (SSSR count). The molecule has 0 aliphatic heterocycles. The van der Waals surface area contributed by atoms with E-state index in [1.165, 1.54) is 21.3 Å². The van der Waals surface area contributed by atoms with Gasteiger partial charge in [0.1, 0.15) is 18.2 Å². The van der Waals surface area contributed by atoms with E-state index >= 15 is 0 Å². The normalized spacial score (nSPS) is 10.1. The number of nitrogens with zero attached hydrogens (tertiary/aromatic N) is 3. The Kier molecular flexibility index (Phi) is 6.41. The quantitative estimate of drug-likeness (QED) is 0.700. The Morgan fingerprint density at radius 1 is 1.00 bits per heavy atom. The second-order valence-corrected chi connectivity index (χ2v) is 4.98. The van der Waals surface area contributed by atoms with Gasteiger partial charge in [-0.15, -0.1) is 0 Å². The van der Waals surface area contributed by atoms with Crippen LogP contribution in [0.5, 0.6) is 23.1 Å². The first-order valence-electron chi connectivity index (χ1n) is 7.59. The summed E-state index contributed by atoms with van der Waals surface area (Å²) in [6.07, 6.45) is 0. The zero-order chi connectivity index (χ0) is 19.1. The number of hydrogen-bond acceptors (Lipinski definition) is 9. The van der Waals surface area contributed by atoms with Crippen molar-refractivity contribution in [3.05, 3.63) is 17.7 Å². The standard InChI is InChI=1S/C17H20N4O5/c1-22-5-6-26-16-11(9-18)14(20-17(19)21-16)10-7-12(23-2)15(25-4)13(8-10)24-3/h7-8H,5-6H2,1-4H3,(H2,19,20,21). The van der Waals surface area contributed by atoms with Crippen molar-refractivity contribution in [2.75, 3.05) is 47.4 Å². The number of methoxy groups -OCH3 is 4. The average Bonchev–Trinajstić information content (AvgIpc) is 2.66. The van der Waals surface area contributed by atoms with Crippen LogP contribution < -0.4 is 24.7 Å². The highest BCUT2D eigenvalue weighted by Crippen LogP contribution is 2.42. The molecule has 0 bridgehead atoms. The SMILES string of the molecule is COCCOc1nc(N)nc(-c2cc(OC)c(OC)c(OC)c2)c1C#N. The summed E-state index contributed by atoms with van der Waals surface area (Å²) >= 11 is 0. The fourth-order valence-electron chi connectivity index (χ4n) is 2.31. The average molecular weight is 360 g/mol. The molecule has 26 heavy (non-hydrogen) atoms. The molecule has 9 heteroatoms. The minimum atomic E-state index is -0.0276. The van der Waals surface area contributed by atoms with Crippen LogP contribution in [0.25, 0.3) is 11.3 Å². The highest BCUT2D eigenvalue weighted by Gasteiger charge is 2.20. The van der Waals surface area contributed by atoms with Crippen LogP contribution in [0.15, 0.2) is 12.1 Å². The number of rotatable bonds is 8. The van der Waals surface area contributed by atoms with E-state index in [9.17, 15) is 5.26 Å². The number of benzene rings is 1. The summed E-state index contributed by atoms with van der Waals surface area (Å²) in [6, 6.07) is 5.40. The molecule has 0 unspecified atom stereocenters.